The van der Waals surface area contributed by atoms with Crippen LogP contribution in [0.3, 0.4) is 0 Å². The third-order valence-corrected chi connectivity index (χ3v) is 4.11. The van der Waals surface area contributed by atoms with E-state index in [1.54, 1.807) is 0 Å². The molecule has 2 atom stereocenters. The summed E-state index contributed by atoms with van der Waals surface area (Å²) in [4.78, 5) is 4.65. The quantitative estimate of drug-likeness (QED) is 0.812. The first kappa shape index (κ1) is 12.5. The number of thioether (sulfide) groups is 1. The SMILES string of the molecule is Cc1ccc(NC2=NC(C)CC(C)S2)cc1C. The van der Waals surface area contributed by atoms with Crippen molar-refractivity contribution in [3.8, 4) is 0 Å². The average Bonchev–Trinajstić information content (AvgIpc) is 2.22. The summed E-state index contributed by atoms with van der Waals surface area (Å²) in [6.45, 7) is 8.72. The van der Waals surface area contributed by atoms with Crippen LogP contribution < -0.4 is 5.32 Å². The smallest absolute Gasteiger partial charge is 0.161 e. The zero-order valence-corrected chi connectivity index (χ0v) is 11.8. The lowest BCUT2D eigenvalue weighted by Gasteiger charge is -2.23. The number of hydrogen-bond donors (Lipinski definition) is 1. The molecule has 0 radical (unpaired) electrons. The van der Waals surface area contributed by atoms with Gasteiger partial charge < -0.3 is 5.32 Å². The number of nitrogens with one attached hydrogen (secondary N) is 1. The average molecular weight is 248 g/mol. The lowest BCUT2D eigenvalue weighted by molar-refractivity contribution is 0.661. The number of hydrogen-bond acceptors (Lipinski definition) is 3. The van der Waals surface area contributed by atoms with Crippen LogP contribution in [0.4, 0.5) is 5.69 Å². The minimum atomic E-state index is 0.431. The zero-order chi connectivity index (χ0) is 12.4. The van der Waals surface area contributed by atoms with Gasteiger partial charge in [-0.05, 0) is 50.5 Å². The van der Waals surface area contributed by atoms with Crippen molar-refractivity contribution in [3.05, 3.63) is 29.3 Å². The maximum Gasteiger partial charge on any atom is 0.161 e. The molecule has 0 saturated heterocycles. The van der Waals surface area contributed by atoms with E-state index in [-0.39, 0.29) is 0 Å². The Balaban J connectivity index is 2.12. The Hall–Kier alpha value is -0.960. The van der Waals surface area contributed by atoms with Crippen molar-refractivity contribution >= 4 is 22.6 Å². The van der Waals surface area contributed by atoms with Crippen molar-refractivity contribution < 1.29 is 0 Å². The molecular weight excluding hydrogens is 228 g/mol. The Labute approximate surface area is 108 Å². The van der Waals surface area contributed by atoms with E-state index in [2.05, 4.69) is 56.2 Å². The second-order valence-electron chi connectivity index (χ2n) is 4.87. The lowest BCUT2D eigenvalue weighted by Crippen LogP contribution is -2.22. The number of anilines is 1. The monoisotopic (exact) mass is 248 g/mol. The van der Waals surface area contributed by atoms with Crippen LogP contribution in [0.5, 0.6) is 0 Å². The van der Waals surface area contributed by atoms with Crippen molar-refractivity contribution in [2.24, 2.45) is 4.99 Å². The Morgan fingerprint density at radius 3 is 2.65 bits per heavy atom. The molecule has 3 heteroatoms. The fourth-order valence-electron chi connectivity index (χ4n) is 2.01. The van der Waals surface area contributed by atoms with Gasteiger partial charge in [0.05, 0.1) is 6.04 Å². The normalized spacial score (nSPS) is 24.4. The maximum absolute atomic E-state index is 4.65. The van der Waals surface area contributed by atoms with Gasteiger partial charge in [0.15, 0.2) is 5.17 Å². The molecule has 1 aromatic rings. The summed E-state index contributed by atoms with van der Waals surface area (Å²) < 4.78 is 0. The van der Waals surface area contributed by atoms with Crippen LogP contribution in [0, 0.1) is 13.8 Å². The molecule has 0 fully saturated rings. The van der Waals surface area contributed by atoms with E-state index < -0.39 is 0 Å². The van der Waals surface area contributed by atoms with Crippen molar-refractivity contribution in [2.75, 3.05) is 5.32 Å². The number of aliphatic imine (C=N–C) groups is 1. The van der Waals surface area contributed by atoms with E-state index >= 15 is 0 Å². The van der Waals surface area contributed by atoms with Crippen molar-refractivity contribution in [3.63, 3.8) is 0 Å². The standard InChI is InChI=1S/C14H20N2S/c1-9-5-6-13(7-10(9)2)16-14-15-11(3)8-12(4)17-14/h5-7,11-12H,8H2,1-4H3,(H,15,16). The zero-order valence-electron chi connectivity index (χ0n) is 10.9. The molecule has 0 saturated carbocycles. The molecule has 0 aliphatic carbocycles. The highest BCUT2D eigenvalue weighted by Crippen LogP contribution is 2.26. The fourth-order valence-corrected chi connectivity index (χ4v) is 3.18. The third-order valence-electron chi connectivity index (χ3n) is 3.08. The molecule has 2 rings (SSSR count). The van der Waals surface area contributed by atoms with Gasteiger partial charge in [0.1, 0.15) is 0 Å². The molecule has 0 aromatic heterocycles. The summed E-state index contributed by atoms with van der Waals surface area (Å²) in [6.07, 6.45) is 1.17. The molecule has 2 unspecified atom stereocenters. The first-order valence-corrected chi connectivity index (χ1v) is 7.01. The van der Waals surface area contributed by atoms with Crippen molar-refractivity contribution in [1.82, 2.24) is 0 Å². The number of aryl methyl sites for hydroxylation is 2. The second kappa shape index (κ2) is 5.13. The van der Waals surface area contributed by atoms with Crippen molar-refractivity contribution in [2.45, 2.75) is 45.4 Å². The van der Waals surface area contributed by atoms with Crippen LogP contribution in [-0.2, 0) is 0 Å². The van der Waals surface area contributed by atoms with E-state index in [0.29, 0.717) is 11.3 Å². The molecule has 1 aromatic carbocycles. The van der Waals surface area contributed by atoms with Crippen LogP contribution in [-0.4, -0.2) is 16.5 Å². The predicted octanol–water partition coefficient (Wildman–Crippen LogP) is 3.99. The van der Waals surface area contributed by atoms with E-state index in [1.165, 1.54) is 17.5 Å². The van der Waals surface area contributed by atoms with Gasteiger partial charge in [-0.2, -0.15) is 0 Å². The largest absolute Gasteiger partial charge is 0.335 e. The number of benzene rings is 1. The molecular formula is C14H20N2S. The van der Waals surface area contributed by atoms with Crippen LogP contribution in [0.15, 0.2) is 23.2 Å². The lowest BCUT2D eigenvalue weighted by atomic mass is 10.1. The molecule has 1 heterocycles. The molecule has 2 nitrogen and oxygen atoms in total. The number of rotatable bonds is 1. The Kier molecular flexibility index (Phi) is 3.77. The third kappa shape index (κ3) is 3.25. The highest BCUT2D eigenvalue weighted by atomic mass is 32.2. The molecule has 17 heavy (non-hydrogen) atoms. The first-order valence-electron chi connectivity index (χ1n) is 6.13. The molecule has 92 valence electrons. The highest BCUT2D eigenvalue weighted by Gasteiger charge is 2.18. The summed E-state index contributed by atoms with van der Waals surface area (Å²) in [7, 11) is 0. The van der Waals surface area contributed by atoms with Gasteiger partial charge in [-0.15, -0.1) is 0 Å². The minimum absolute atomic E-state index is 0.431. The van der Waals surface area contributed by atoms with E-state index in [9.17, 15) is 0 Å². The maximum atomic E-state index is 4.65. The van der Waals surface area contributed by atoms with E-state index in [1.807, 2.05) is 11.8 Å². The van der Waals surface area contributed by atoms with Crippen LogP contribution in [0.2, 0.25) is 0 Å². The fraction of sp³-hybridized carbons (Fsp3) is 0.500. The minimum Gasteiger partial charge on any atom is -0.335 e. The summed E-state index contributed by atoms with van der Waals surface area (Å²) in [5.41, 5.74) is 3.79. The van der Waals surface area contributed by atoms with Crippen LogP contribution in [0.25, 0.3) is 0 Å². The molecule has 0 bridgehead atoms. The molecule has 1 aliphatic heterocycles. The summed E-state index contributed by atoms with van der Waals surface area (Å²) in [5.74, 6) is 0. The Bertz CT molecular complexity index is 440. The molecule has 0 amide bonds. The summed E-state index contributed by atoms with van der Waals surface area (Å²) in [6, 6.07) is 6.89. The van der Waals surface area contributed by atoms with Gasteiger partial charge in [0, 0.05) is 10.9 Å². The first-order chi connectivity index (χ1) is 8.04. The topological polar surface area (TPSA) is 24.4 Å². The Morgan fingerprint density at radius 1 is 1.24 bits per heavy atom. The van der Waals surface area contributed by atoms with E-state index in [0.717, 1.165) is 10.9 Å². The van der Waals surface area contributed by atoms with Crippen molar-refractivity contribution in [1.29, 1.82) is 0 Å². The second-order valence-corrected chi connectivity index (χ2v) is 6.30. The van der Waals surface area contributed by atoms with Crippen LogP contribution in [0.1, 0.15) is 31.4 Å². The number of nitrogens with zero attached hydrogens (tertiary/aromatic N) is 1. The van der Waals surface area contributed by atoms with Gasteiger partial charge >= 0.3 is 0 Å². The van der Waals surface area contributed by atoms with Gasteiger partial charge in [0.25, 0.3) is 0 Å². The van der Waals surface area contributed by atoms with Gasteiger partial charge in [-0.1, -0.05) is 24.8 Å². The van der Waals surface area contributed by atoms with Crippen LogP contribution >= 0.6 is 11.8 Å². The Morgan fingerprint density at radius 2 is 2.00 bits per heavy atom. The highest BCUT2D eigenvalue weighted by molar-refractivity contribution is 8.14. The van der Waals surface area contributed by atoms with Gasteiger partial charge in [-0.3, -0.25) is 4.99 Å². The summed E-state index contributed by atoms with van der Waals surface area (Å²) >= 11 is 1.83. The van der Waals surface area contributed by atoms with Gasteiger partial charge in [0.2, 0.25) is 0 Å². The van der Waals surface area contributed by atoms with Gasteiger partial charge in [-0.25, -0.2) is 0 Å². The number of amidine groups is 1. The molecule has 1 aliphatic rings. The molecule has 1 N–H and O–H groups in total. The summed E-state index contributed by atoms with van der Waals surface area (Å²) in [5, 5.41) is 5.13. The molecule has 0 spiro atoms. The predicted molar refractivity (Wildman–Crippen MR) is 78.1 cm³/mol. The van der Waals surface area contributed by atoms with E-state index in [4.69, 9.17) is 0 Å².